The minimum atomic E-state index is -3.87. The predicted octanol–water partition coefficient (Wildman–Crippen LogP) is 2.17. The molecule has 2 aromatic rings. The van der Waals surface area contributed by atoms with E-state index >= 15 is 0 Å². The highest BCUT2D eigenvalue weighted by Gasteiger charge is 2.24. The lowest BCUT2D eigenvalue weighted by Crippen LogP contribution is -2.36. The second kappa shape index (κ2) is 8.98. The number of carbonyl (C=O) groups is 2. The van der Waals surface area contributed by atoms with Crippen LogP contribution in [0.15, 0.2) is 59.5 Å². The highest BCUT2D eigenvalue weighted by atomic mass is 35.5. The number of carbonyl (C=O) groups excluding carboxylic acids is 2. The zero-order chi connectivity index (χ0) is 20.0. The van der Waals surface area contributed by atoms with Crippen LogP contribution in [-0.4, -0.2) is 51.8 Å². The van der Waals surface area contributed by atoms with Crippen molar-refractivity contribution in [1.82, 2.24) is 4.31 Å². The van der Waals surface area contributed by atoms with Gasteiger partial charge in [-0.2, -0.15) is 4.31 Å². The first-order valence-corrected chi connectivity index (χ1v) is 9.73. The molecule has 2 rings (SSSR count). The summed E-state index contributed by atoms with van der Waals surface area (Å²) >= 11 is 5.75. The SMILES string of the molecule is CN(C(=O)COC(=O)CN(C)S(=O)(=O)c1ccc(Cl)cc1)c1ccccc1. The molecular formula is C18H19ClN2O5S. The van der Waals surface area contributed by atoms with Crippen molar-refractivity contribution in [3.63, 3.8) is 0 Å². The van der Waals surface area contributed by atoms with E-state index in [4.69, 9.17) is 16.3 Å². The van der Waals surface area contributed by atoms with Gasteiger partial charge in [0, 0.05) is 24.8 Å². The van der Waals surface area contributed by atoms with Crippen LogP contribution in [0, 0.1) is 0 Å². The third kappa shape index (κ3) is 5.53. The number of halogens is 1. The van der Waals surface area contributed by atoms with Gasteiger partial charge < -0.3 is 9.64 Å². The molecule has 9 heteroatoms. The van der Waals surface area contributed by atoms with E-state index in [1.807, 2.05) is 6.07 Å². The van der Waals surface area contributed by atoms with Gasteiger partial charge in [-0.15, -0.1) is 0 Å². The first-order valence-electron chi connectivity index (χ1n) is 7.91. The Morgan fingerprint density at radius 2 is 1.59 bits per heavy atom. The Kier molecular flexibility index (Phi) is 6.95. The van der Waals surface area contributed by atoms with Gasteiger partial charge in [-0.25, -0.2) is 8.42 Å². The van der Waals surface area contributed by atoms with Crippen molar-refractivity contribution in [2.45, 2.75) is 4.90 Å². The molecule has 0 heterocycles. The van der Waals surface area contributed by atoms with Gasteiger partial charge in [0.05, 0.1) is 4.90 Å². The standard InChI is InChI=1S/C18H19ClN2O5S/c1-20(27(24,25)16-10-8-14(19)9-11-16)12-18(23)26-13-17(22)21(2)15-6-4-3-5-7-15/h3-11H,12-13H2,1-2H3. The molecule has 0 saturated carbocycles. The molecule has 0 aliphatic heterocycles. The van der Waals surface area contributed by atoms with E-state index in [9.17, 15) is 18.0 Å². The summed E-state index contributed by atoms with van der Waals surface area (Å²) in [6.07, 6.45) is 0. The molecule has 0 bridgehead atoms. The fraction of sp³-hybridized carbons (Fsp3) is 0.222. The predicted molar refractivity (Wildman–Crippen MR) is 102 cm³/mol. The van der Waals surface area contributed by atoms with Gasteiger partial charge in [-0.1, -0.05) is 29.8 Å². The number of esters is 1. The number of anilines is 1. The van der Waals surface area contributed by atoms with Crippen LogP contribution in [0.4, 0.5) is 5.69 Å². The van der Waals surface area contributed by atoms with Crippen molar-refractivity contribution in [3.8, 4) is 0 Å². The van der Waals surface area contributed by atoms with E-state index in [1.165, 1.54) is 36.2 Å². The topological polar surface area (TPSA) is 84.0 Å². The zero-order valence-electron chi connectivity index (χ0n) is 14.8. The highest BCUT2D eigenvalue weighted by Crippen LogP contribution is 2.17. The zero-order valence-corrected chi connectivity index (χ0v) is 16.4. The number of rotatable bonds is 7. The molecule has 0 aliphatic carbocycles. The van der Waals surface area contributed by atoms with Crippen LogP contribution in [0.25, 0.3) is 0 Å². The lowest BCUT2D eigenvalue weighted by Gasteiger charge is -2.18. The average Bonchev–Trinajstić information content (AvgIpc) is 2.66. The Morgan fingerprint density at radius 1 is 1.00 bits per heavy atom. The summed E-state index contributed by atoms with van der Waals surface area (Å²) in [4.78, 5) is 25.4. The van der Waals surface area contributed by atoms with Gasteiger partial charge in [0.2, 0.25) is 10.0 Å². The van der Waals surface area contributed by atoms with Crippen molar-refractivity contribution in [1.29, 1.82) is 0 Å². The third-order valence-corrected chi connectivity index (χ3v) is 5.82. The minimum Gasteiger partial charge on any atom is -0.455 e. The smallest absolute Gasteiger partial charge is 0.321 e. The first kappa shape index (κ1) is 20.9. The van der Waals surface area contributed by atoms with Gasteiger partial charge in [-0.3, -0.25) is 9.59 Å². The fourth-order valence-electron chi connectivity index (χ4n) is 2.13. The number of hydrogen-bond donors (Lipinski definition) is 0. The molecule has 0 saturated heterocycles. The molecule has 0 unspecified atom stereocenters. The minimum absolute atomic E-state index is 0.00193. The molecule has 7 nitrogen and oxygen atoms in total. The molecule has 0 aliphatic rings. The first-order chi connectivity index (χ1) is 12.7. The van der Waals surface area contributed by atoms with E-state index in [-0.39, 0.29) is 4.90 Å². The second-order valence-corrected chi connectivity index (χ2v) is 8.15. The maximum atomic E-state index is 12.4. The molecule has 144 valence electrons. The average molecular weight is 411 g/mol. The Labute approximate surface area is 163 Å². The lowest BCUT2D eigenvalue weighted by atomic mass is 10.3. The quantitative estimate of drug-likeness (QED) is 0.653. The molecule has 0 N–H and O–H groups in total. The van der Waals surface area contributed by atoms with Crippen LogP contribution < -0.4 is 4.90 Å². The Balaban J connectivity index is 1.91. The van der Waals surface area contributed by atoms with Gasteiger partial charge >= 0.3 is 5.97 Å². The molecule has 0 fully saturated rings. The largest absolute Gasteiger partial charge is 0.455 e. The van der Waals surface area contributed by atoms with Crippen molar-refractivity contribution in [2.24, 2.45) is 0 Å². The summed E-state index contributed by atoms with van der Waals surface area (Å²) in [7, 11) is -1.06. The van der Waals surface area contributed by atoms with Crippen LogP contribution in [0.2, 0.25) is 5.02 Å². The van der Waals surface area contributed by atoms with E-state index in [0.29, 0.717) is 10.7 Å². The van der Waals surface area contributed by atoms with Gasteiger partial charge in [0.1, 0.15) is 6.54 Å². The van der Waals surface area contributed by atoms with E-state index in [1.54, 1.807) is 31.3 Å². The Morgan fingerprint density at radius 3 is 2.19 bits per heavy atom. The summed E-state index contributed by atoms with van der Waals surface area (Å²) in [6.45, 7) is -1.01. The molecule has 2 aromatic carbocycles. The maximum absolute atomic E-state index is 12.4. The van der Waals surface area contributed by atoms with Crippen molar-refractivity contribution < 1.29 is 22.7 Å². The number of sulfonamides is 1. The molecule has 27 heavy (non-hydrogen) atoms. The number of likely N-dealkylation sites (N-methyl/N-ethyl adjacent to an activating group) is 2. The van der Waals surface area contributed by atoms with E-state index in [0.717, 1.165) is 4.31 Å². The number of amides is 1. The van der Waals surface area contributed by atoms with Crippen LogP contribution in [0.1, 0.15) is 0 Å². The van der Waals surface area contributed by atoms with Gasteiger partial charge in [-0.05, 0) is 36.4 Å². The third-order valence-electron chi connectivity index (χ3n) is 3.75. The molecule has 0 spiro atoms. The Hall–Kier alpha value is -2.42. The van der Waals surface area contributed by atoms with Gasteiger partial charge in [0.25, 0.3) is 5.91 Å². The number of para-hydroxylation sites is 1. The molecule has 0 atom stereocenters. The maximum Gasteiger partial charge on any atom is 0.321 e. The summed E-state index contributed by atoms with van der Waals surface area (Å²) in [6, 6.07) is 14.4. The van der Waals surface area contributed by atoms with Crippen molar-refractivity contribution in [3.05, 3.63) is 59.6 Å². The number of benzene rings is 2. The highest BCUT2D eigenvalue weighted by molar-refractivity contribution is 7.89. The number of hydrogen-bond acceptors (Lipinski definition) is 5. The monoisotopic (exact) mass is 410 g/mol. The van der Waals surface area contributed by atoms with Gasteiger partial charge in [0.15, 0.2) is 6.61 Å². The molecular weight excluding hydrogens is 392 g/mol. The summed E-state index contributed by atoms with van der Waals surface area (Å²) in [5, 5.41) is 0.400. The second-order valence-electron chi connectivity index (χ2n) is 5.66. The van der Waals surface area contributed by atoms with E-state index < -0.39 is 35.1 Å². The normalized spacial score (nSPS) is 11.3. The summed E-state index contributed by atoms with van der Waals surface area (Å²) < 4.78 is 30.6. The van der Waals surface area contributed by atoms with Crippen molar-refractivity contribution >= 4 is 39.2 Å². The van der Waals surface area contributed by atoms with Crippen LogP contribution >= 0.6 is 11.6 Å². The van der Waals surface area contributed by atoms with Crippen LogP contribution in [-0.2, 0) is 24.3 Å². The van der Waals surface area contributed by atoms with Crippen molar-refractivity contribution in [2.75, 3.05) is 32.1 Å². The molecule has 0 aromatic heterocycles. The number of nitrogens with zero attached hydrogens (tertiary/aromatic N) is 2. The number of ether oxygens (including phenoxy) is 1. The summed E-state index contributed by atoms with van der Waals surface area (Å²) in [5.41, 5.74) is 0.654. The Bertz CT molecular complexity index is 901. The lowest BCUT2D eigenvalue weighted by molar-refractivity contribution is -0.147. The summed E-state index contributed by atoms with van der Waals surface area (Å²) in [5.74, 6) is -1.26. The molecule has 0 radical (unpaired) electrons. The van der Waals surface area contributed by atoms with Crippen LogP contribution in [0.5, 0.6) is 0 Å². The molecule has 1 amide bonds. The fourth-order valence-corrected chi connectivity index (χ4v) is 3.37. The van der Waals surface area contributed by atoms with E-state index in [2.05, 4.69) is 0 Å². The van der Waals surface area contributed by atoms with Crippen LogP contribution in [0.3, 0.4) is 0 Å².